The van der Waals surface area contributed by atoms with Crippen molar-refractivity contribution in [1.29, 1.82) is 0 Å². The number of aromatic nitrogens is 1. The van der Waals surface area contributed by atoms with Crippen molar-refractivity contribution >= 4 is 18.1 Å². The molecule has 0 radical (unpaired) electrons. The van der Waals surface area contributed by atoms with Crippen LogP contribution in [-0.2, 0) is 9.53 Å². The molecule has 2 aromatic rings. The van der Waals surface area contributed by atoms with Gasteiger partial charge in [-0.2, -0.15) is 0 Å². The Labute approximate surface area is 139 Å². The SMILES string of the molecule is COc1ccc(C=CC(=O)N2C(=O)OC[C@H]2c2ccccc2)cn1. The van der Waals surface area contributed by atoms with Gasteiger partial charge in [0.25, 0.3) is 5.91 Å². The van der Waals surface area contributed by atoms with Crippen LogP contribution in [-0.4, -0.2) is 35.6 Å². The lowest BCUT2D eigenvalue weighted by Gasteiger charge is -2.18. The molecule has 2 heterocycles. The van der Waals surface area contributed by atoms with Gasteiger partial charge >= 0.3 is 6.09 Å². The molecule has 1 aromatic heterocycles. The Morgan fingerprint density at radius 1 is 1.29 bits per heavy atom. The molecule has 1 aliphatic rings. The van der Waals surface area contributed by atoms with Gasteiger partial charge in [0.1, 0.15) is 12.6 Å². The number of cyclic esters (lactones) is 1. The Bertz CT molecular complexity index is 756. The van der Waals surface area contributed by atoms with Crippen LogP contribution in [0.5, 0.6) is 5.88 Å². The van der Waals surface area contributed by atoms with E-state index in [1.54, 1.807) is 24.4 Å². The first-order valence-corrected chi connectivity index (χ1v) is 7.42. The first-order valence-electron chi connectivity index (χ1n) is 7.42. The third-order valence-electron chi connectivity index (χ3n) is 3.68. The van der Waals surface area contributed by atoms with Gasteiger partial charge in [0.2, 0.25) is 5.88 Å². The minimum Gasteiger partial charge on any atom is -0.481 e. The zero-order chi connectivity index (χ0) is 16.9. The molecule has 0 saturated carbocycles. The van der Waals surface area contributed by atoms with E-state index in [9.17, 15) is 9.59 Å². The number of hydrogen-bond donors (Lipinski definition) is 0. The number of rotatable bonds is 4. The second-order valence-electron chi connectivity index (χ2n) is 5.18. The molecule has 0 N–H and O–H groups in total. The van der Waals surface area contributed by atoms with Crippen molar-refractivity contribution in [2.75, 3.05) is 13.7 Å². The average Bonchev–Trinajstić information content (AvgIpc) is 3.02. The van der Waals surface area contributed by atoms with Gasteiger partial charge < -0.3 is 9.47 Å². The van der Waals surface area contributed by atoms with E-state index in [1.165, 1.54) is 13.2 Å². The third-order valence-corrected chi connectivity index (χ3v) is 3.68. The molecule has 6 nitrogen and oxygen atoms in total. The van der Waals surface area contributed by atoms with Crippen LogP contribution < -0.4 is 4.74 Å². The Balaban J connectivity index is 1.76. The van der Waals surface area contributed by atoms with Gasteiger partial charge in [-0.3, -0.25) is 4.79 Å². The lowest BCUT2D eigenvalue weighted by atomic mass is 10.1. The molecular formula is C18H16N2O4. The van der Waals surface area contributed by atoms with Gasteiger partial charge in [-0.1, -0.05) is 30.3 Å². The van der Waals surface area contributed by atoms with E-state index in [4.69, 9.17) is 9.47 Å². The Kier molecular flexibility index (Phi) is 4.56. The number of methoxy groups -OCH3 is 1. The summed E-state index contributed by atoms with van der Waals surface area (Å²) in [6, 6.07) is 12.4. The van der Waals surface area contributed by atoms with E-state index < -0.39 is 18.0 Å². The number of carbonyl (C=O) groups excluding carboxylic acids is 2. The van der Waals surface area contributed by atoms with E-state index in [1.807, 2.05) is 30.3 Å². The number of amides is 2. The highest BCUT2D eigenvalue weighted by Crippen LogP contribution is 2.27. The lowest BCUT2D eigenvalue weighted by molar-refractivity contribution is -0.124. The van der Waals surface area contributed by atoms with Gasteiger partial charge in [0, 0.05) is 18.3 Å². The van der Waals surface area contributed by atoms with E-state index >= 15 is 0 Å². The minimum atomic E-state index is -0.633. The predicted octanol–water partition coefficient (Wildman–Crippen LogP) is 2.82. The van der Waals surface area contributed by atoms with Crippen LogP contribution in [0.15, 0.2) is 54.7 Å². The third kappa shape index (κ3) is 3.27. The van der Waals surface area contributed by atoms with Crippen molar-refractivity contribution in [3.8, 4) is 5.88 Å². The van der Waals surface area contributed by atoms with Crippen molar-refractivity contribution in [2.24, 2.45) is 0 Å². The zero-order valence-corrected chi connectivity index (χ0v) is 13.1. The summed E-state index contributed by atoms with van der Waals surface area (Å²) < 4.78 is 10.0. The summed E-state index contributed by atoms with van der Waals surface area (Å²) >= 11 is 0. The van der Waals surface area contributed by atoms with Crippen LogP contribution in [0.4, 0.5) is 4.79 Å². The second kappa shape index (κ2) is 6.95. The van der Waals surface area contributed by atoms with Crippen molar-refractivity contribution in [1.82, 2.24) is 9.88 Å². The fraction of sp³-hybridized carbons (Fsp3) is 0.167. The van der Waals surface area contributed by atoms with Crippen LogP contribution in [0.2, 0.25) is 0 Å². The quantitative estimate of drug-likeness (QED) is 0.809. The molecule has 0 bridgehead atoms. The summed E-state index contributed by atoms with van der Waals surface area (Å²) in [5.74, 6) is 0.0629. The van der Waals surface area contributed by atoms with Crippen LogP contribution in [0.25, 0.3) is 6.08 Å². The molecule has 3 rings (SSSR count). The number of imide groups is 1. The molecule has 122 valence electrons. The highest BCUT2D eigenvalue weighted by atomic mass is 16.6. The van der Waals surface area contributed by atoms with Gasteiger partial charge in [0.15, 0.2) is 0 Å². The van der Waals surface area contributed by atoms with Crippen LogP contribution in [0.1, 0.15) is 17.2 Å². The fourth-order valence-corrected chi connectivity index (χ4v) is 2.44. The normalized spacial score (nSPS) is 17.1. The van der Waals surface area contributed by atoms with Gasteiger partial charge in [-0.05, 0) is 23.3 Å². The van der Waals surface area contributed by atoms with E-state index in [2.05, 4.69) is 4.98 Å². The molecule has 1 saturated heterocycles. The van der Waals surface area contributed by atoms with Gasteiger partial charge in [-0.15, -0.1) is 0 Å². The highest BCUT2D eigenvalue weighted by Gasteiger charge is 2.37. The molecule has 0 spiro atoms. The molecule has 1 atom stereocenters. The van der Waals surface area contributed by atoms with E-state index in [0.717, 1.165) is 16.0 Å². The monoisotopic (exact) mass is 324 g/mol. The fourth-order valence-electron chi connectivity index (χ4n) is 2.44. The first kappa shape index (κ1) is 15.7. The number of carbonyl (C=O) groups is 2. The van der Waals surface area contributed by atoms with Crippen LogP contribution in [0, 0.1) is 0 Å². The zero-order valence-electron chi connectivity index (χ0n) is 13.1. The molecule has 1 aromatic carbocycles. The molecule has 24 heavy (non-hydrogen) atoms. The van der Waals surface area contributed by atoms with Crippen molar-refractivity contribution in [2.45, 2.75) is 6.04 Å². The molecule has 1 fully saturated rings. The lowest BCUT2D eigenvalue weighted by Crippen LogP contribution is -2.32. The highest BCUT2D eigenvalue weighted by molar-refractivity contribution is 6.02. The number of benzene rings is 1. The molecule has 0 aliphatic carbocycles. The number of nitrogens with zero attached hydrogens (tertiary/aromatic N) is 2. The maximum Gasteiger partial charge on any atom is 0.417 e. The Morgan fingerprint density at radius 3 is 2.75 bits per heavy atom. The largest absolute Gasteiger partial charge is 0.481 e. The van der Waals surface area contributed by atoms with Crippen molar-refractivity contribution in [3.63, 3.8) is 0 Å². The number of ether oxygens (including phenoxy) is 2. The first-order chi connectivity index (χ1) is 11.7. The van der Waals surface area contributed by atoms with Crippen LogP contribution >= 0.6 is 0 Å². The summed E-state index contributed by atoms with van der Waals surface area (Å²) in [5, 5.41) is 0. The van der Waals surface area contributed by atoms with Crippen LogP contribution in [0.3, 0.4) is 0 Å². The predicted molar refractivity (Wildman–Crippen MR) is 87.2 cm³/mol. The summed E-state index contributed by atoms with van der Waals surface area (Å²) in [6.45, 7) is 0.159. The minimum absolute atomic E-state index is 0.159. The summed E-state index contributed by atoms with van der Waals surface area (Å²) in [6.07, 6.45) is 3.89. The van der Waals surface area contributed by atoms with Gasteiger partial charge in [0.05, 0.1) is 7.11 Å². The molecule has 0 unspecified atom stereocenters. The average molecular weight is 324 g/mol. The number of hydrogen-bond acceptors (Lipinski definition) is 5. The van der Waals surface area contributed by atoms with E-state index in [-0.39, 0.29) is 6.61 Å². The second-order valence-corrected chi connectivity index (χ2v) is 5.18. The smallest absolute Gasteiger partial charge is 0.417 e. The molecular weight excluding hydrogens is 308 g/mol. The Hall–Kier alpha value is -3.15. The topological polar surface area (TPSA) is 68.7 Å². The van der Waals surface area contributed by atoms with Crippen molar-refractivity contribution < 1.29 is 19.1 Å². The summed E-state index contributed by atoms with van der Waals surface area (Å²) in [4.78, 5) is 29.5. The maximum absolute atomic E-state index is 12.4. The standard InChI is InChI=1S/C18H16N2O4/c1-23-16-9-7-13(11-19-16)8-10-17(21)20-15(12-24-18(20)22)14-5-3-2-4-6-14/h2-11,15H,12H2,1H3/t15-/m0/s1. The number of pyridine rings is 1. The maximum atomic E-state index is 12.4. The molecule has 1 aliphatic heterocycles. The Morgan fingerprint density at radius 2 is 2.08 bits per heavy atom. The van der Waals surface area contributed by atoms with E-state index in [0.29, 0.717) is 5.88 Å². The summed E-state index contributed by atoms with van der Waals surface area (Å²) in [5.41, 5.74) is 1.59. The van der Waals surface area contributed by atoms with Crippen molar-refractivity contribution in [3.05, 3.63) is 65.9 Å². The summed E-state index contributed by atoms with van der Waals surface area (Å²) in [7, 11) is 1.53. The molecule has 6 heteroatoms. The molecule has 2 amide bonds. The van der Waals surface area contributed by atoms with Gasteiger partial charge in [-0.25, -0.2) is 14.7 Å².